The Morgan fingerprint density at radius 2 is 2.22 bits per heavy atom. The summed E-state index contributed by atoms with van der Waals surface area (Å²) in [5.41, 5.74) is 1.99. The minimum atomic E-state index is 0.0438. The molecule has 2 heterocycles. The zero-order chi connectivity index (χ0) is 12.5. The number of likely N-dealkylation sites (tertiary alicyclic amines) is 1. The summed E-state index contributed by atoms with van der Waals surface area (Å²) in [7, 11) is 0. The van der Waals surface area contributed by atoms with Crippen molar-refractivity contribution >= 4 is 5.91 Å². The number of nitrogens with zero attached hydrogens (tertiary/aromatic N) is 2. The van der Waals surface area contributed by atoms with Crippen molar-refractivity contribution in [3.8, 4) is 0 Å². The second-order valence-electron chi connectivity index (χ2n) is 5.31. The molecule has 18 heavy (non-hydrogen) atoms. The standard InChI is InChI=1S/C14H19N3O/c1-10-3-2-4-12(15-10)9-17-8-7-13(14(17)18)16-11-5-6-11/h2-4,11,13,16H,5-9H2,1H3. The zero-order valence-corrected chi connectivity index (χ0v) is 10.7. The molecule has 1 saturated carbocycles. The van der Waals surface area contributed by atoms with Gasteiger partial charge in [0.15, 0.2) is 0 Å². The van der Waals surface area contributed by atoms with Gasteiger partial charge in [-0.05, 0) is 38.3 Å². The van der Waals surface area contributed by atoms with Crippen molar-refractivity contribution in [2.45, 2.75) is 44.8 Å². The highest BCUT2D eigenvalue weighted by atomic mass is 16.2. The topological polar surface area (TPSA) is 45.2 Å². The van der Waals surface area contributed by atoms with Crippen LogP contribution in [-0.2, 0) is 11.3 Å². The molecule has 1 aliphatic heterocycles. The van der Waals surface area contributed by atoms with Crippen LogP contribution in [0.2, 0.25) is 0 Å². The van der Waals surface area contributed by atoms with Crippen LogP contribution in [0.4, 0.5) is 0 Å². The predicted molar refractivity (Wildman–Crippen MR) is 69.0 cm³/mol. The smallest absolute Gasteiger partial charge is 0.240 e. The van der Waals surface area contributed by atoms with Gasteiger partial charge in [0, 0.05) is 18.3 Å². The van der Waals surface area contributed by atoms with Crippen LogP contribution >= 0.6 is 0 Å². The predicted octanol–water partition coefficient (Wildman–Crippen LogP) is 1.24. The molecule has 1 atom stereocenters. The van der Waals surface area contributed by atoms with Crippen molar-refractivity contribution in [1.29, 1.82) is 0 Å². The number of hydrogen-bond donors (Lipinski definition) is 1. The van der Waals surface area contributed by atoms with E-state index in [2.05, 4.69) is 10.3 Å². The van der Waals surface area contributed by atoms with E-state index in [1.165, 1.54) is 12.8 Å². The highest BCUT2D eigenvalue weighted by Gasteiger charge is 2.35. The quantitative estimate of drug-likeness (QED) is 0.868. The molecule has 1 N–H and O–H groups in total. The minimum absolute atomic E-state index is 0.0438. The molecular formula is C14H19N3O. The number of aromatic nitrogens is 1. The van der Waals surface area contributed by atoms with E-state index >= 15 is 0 Å². The lowest BCUT2D eigenvalue weighted by atomic mass is 10.2. The fourth-order valence-corrected chi connectivity index (χ4v) is 2.47. The number of hydrogen-bond acceptors (Lipinski definition) is 3. The molecule has 3 rings (SSSR count). The summed E-state index contributed by atoms with van der Waals surface area (Å²) in [6.45, 7) is 3.47. The van der Waals surface area contributed by atoms with Crippen molar-refractivity contribution < 1.29 is 4.79 Å². The van der Waals surface area contributed by atoms with Crippen LogP contribution in [0, 0.1) is 6.92 Å². The summed E-state index contributed by atoms with van der Waals surface area (Å²) >= 11 is 0. The van der Waals surface area contributed by atoms with E-state index in [0.29, 0.717) is 12.6 Å². The Morgan fingerprint density at radius 1 is 1.39 bits per heavy atom. The maximum atomic E-state index is 12.2. The van der Waals surface area contributed by atoms with E-state index in [-0.39, 0.29) is 11.9 Å². The first-order valence-electron chi connectivity index (χ1n) is 6.70. The molecule has 4 heteroatoms. The van der Waals surface area contributed by atoms with Crippen molar-refractivity contribution in [1.82, 2.24) is 15.2 Å². The number of carbonyl (C=O) groups excluding carboxylic acids is 1. The highest BCUT2D eigenvalue weighted by Crippen LogP contribution is 2.23. The number of pyridine rings is 1. The summed E-state index contributed by atoms with van der Waals surface area (Å²) in [5.74, 6) is 0.241. The molecule has 2 aliphatic rings. The molecule has 0 bridgehead atoms. The van der Waals surface area contributed by atoms with Crippen molar-refractivity contribution in [2.24, 2.45) is 0 Å². The minimum Gasteiger partial charge on any atom is -0.335 e. The van der Waals surface area contributed by atoms with E-state index in [1.54, 1.807) is 0 Å². The average molecular weight is 245 g/mol. The van der Waals surface area contributed by atoms with Crippen LogP contribution in [0.3, 0.4) is 0 Å². The largest absolute Gasteiger partial charge is 0.335 e. The van der Waals surface area contributed by atoms with Gasteiger partial charge in [0.2, 0.25) is 5.91 Å². The highest BCUT2D eigenvalue weighted by molar-refractivity contribution is 5.84. The van der Waals surface area contributed by atoms with Gasteiger partial charge in [-0.25, -0.2) is 0 Å². The fraction of sp³-hybridized carbons (Fsp3) is 0.571. The Hall–Kier alpha value is -1.42. The SMILES string of the molecule is Cc1cccc(CN2CCC(NC3CC3)C2=O)n1. The number of rotatable bonds is 4. The summed E-state index contributed by atoms with van der Waals surface area (Å²) < 4.78 is 0. The number of amides is 1. The molecule has 2 fully saturated rings. The van der Waals surface area contributed by atoms with Gasteiger partial charge in [0.05, 0.1) is 18.3 Å². The third kappa shape index (κ3) is 2.53. The maximum absolute atomic E-state index is 12.2. The molecule has 1 aromatic rings. The third-order valence-corrected chi connectivity index (χ3v) is 3.61. The van der Waals surface area contributed by atoms with Gasteiger partial charge in [0.25, 0.3) is 0 Å². The first-order chi connectivity index (χ1) is 8.72. The van der Waals surface area contributed by atoms with Gasteiger partial charge in [-0.2, -0.15) is 0 Å². The Kier molecular flexibility index (Phi) is 3.04. The Labute approximate surface area is 107 Å². The molecule has 1 unspecified atom stereocenters. The molecule has 0 radical (unpaired) electrons. The van der Waals surface area contributed by atoms with E-state index in [1.807, 2.05) is 30.0 Å². The maximum Gasteiger partial charge on any atom is 0.240 e. The average Bonchev–Trinajstić information content (AvgIpc) is 3.10. The second kappa shape index (κ2) is 4.69. The number of aryl methyl sites for hydroxylation is 1. The molecule has 96 valence electrons. The monoisotopic (exact) mass is 245 g/mol. The molecule has 4 nitrogen and oxygen atoms in total. The molecule has 1 aromatic heterocycles. The van der Waals surface area contributed by atoms with Crippen molar-refractivity contribution in [2.75, 3.05) is 6.54 Å². The van der Waals surface area contributed by atoms with E-state index in [9.17, 15) is 4.79 Å². The molecule has 1 amide bonds. The van der Waals surface area contributed by atoms with E-state index in [4.69, 9.17) is 0 Å². The molecular weight excluding hydrogens is 226 g/mol. The van der Waals surface area contributed by atoms with E-state index < -0.39 is 0 Å². The zero-order valence-electron chi connectivity index (χ0n) is 10.7. The third-order valence-electron chi connectivity index (χ3n) is 3.61. The van der Waals surface area contributed by atoms with Gasteiger partial charge >= 0.3 is 0 Å². The molecule has 0 spiro atoms. The molecule has 0 aromatic carbocycles. The first-order valence-corrected chi connectivity index (χ1v) is 6.70. The van der Waals surface area contributed by atoms with Crippen LogP contribution in [0.1, 0.15) is 30.7 Å². The van der Waals surface area contributed by atoms with Crippen LogP contribution in [0.5, 0.6) is 0 Å². The van der Waals surface area contributed by atoms with Crippen LogP contribution < -0.4 is 5.32 Å². The van der Waals surface area contributed by atoms with Crippen LogP contribution in [0.25, 0.3) is 0 Å². The Balaban J connectivity index is 1.61. The lowest BCUT2D eigenvalue weighted by Gasteiger charge is -2.16. The summed E-state index contributed by atoms with van der Waals surface area (Å²) in [4.78, 5) is 18.6. The second-order valence-corrected chi connectivity index (χ2v) is 5.31. The van der Waals surface area contributed by atoms with Crippen molar-refractivity contribution in [3.05, 3.63) is 29.6 Å². The Bertz CT molecular complexity index is 456. The lowest BCUT2D eigenvalue weighted by molar-refractivity contribution is -0.130. The Morgan fingerprint density at radius 3 is 2.94 bits per heavy atom. The van der Waals surface area contributed by atoms with Gasteiger partial charge in [0.1, 0.15) is 0 Å². The fourth-order valence-electron chi connectivity index (χ4n) is 2.47. The lowest BCUT2D eigenvalue weighted by Crippen LogP contribution is -2.39. The normalized spacial score (nSPS) is 23.7. The van der Waals surface area contributed by atoms with Gasteiger partial charge in [-0.3, -0.25) is 9.78 Å². The number of carbonyl (C=O) groups is 1. The summed E-state index contributed by atoms with van der Waals surface area (Å²) in [5, 5.41) is 3.42. The van der Waals surface area contributed by atoms with Crippen LogP contribution in [-0.4, -0.2) is 34.4 Å². The van der Waals surface area contributed by atoms with Gasteiger partial charge < -0.3 is 10.2 Å². The summed E-state index contributed by atoms with van der Waals surface area (Å²) in [6, 6.07) is 6.60. The summed E-state index contributed by atoms with van der Waals surface area (Å²) in [6.07, 6.45) is 3.38. The van der Waals surface area contributed by atoms with Gasteiger partial charge in [-0.15, -0.1) is 0 Å². The van der Waals surface area contributed by atoms with E-state index in [0.717, 1.165) is 24.4 Å². The first kappa shape index (κ1) is 11.7. The van der Waals surface area contributed by atoms with Crippen LogP contribution in [0.15, 0.2) is 18.2 Å². The number of nitrogens with one attached hydrogen (secondary N) is 1. The van der Waals surface area contributed by atoms with Crippen molar-refractivity contribution in [3.63, 3.8) is 0 Å². The van der Waals surface area contributed by atoms with Gasteiger partial charge in [-0.1, -0.05) is 6.07 Å². The molecule has 1 aliphatic carbocycles. The molecule has 1 saturated heterocycles.